The molecule has 0 saturated carbocycles. The Morgan fingerprint density at radius 3 is 2.14 bits per heavy atom. The highest BCUT2D eigenvalue weighted by Gasteiger charge is 2.37. The Morgan fingerprint density at radius 1 is 0.930 bits per heavy atom. The van der Waals surface area contributed by atoms with Crippen molar-refractivity contribution in [2.24, 2.45) is 5.92 Å². The van der Waals surface area contributed by atoms with E-state index in [2.05, 4.69) is 5.32 Å². The summed E-state index contributed by atoms with van der Waals surface area (Å²) in [6, 6.07) is 15.2. The minimum atomic E-state index is -4.89. The third-order valence-electron chi connectivity index (χ3n) is 6.52. The highest BCUT2D eigenvalue weighted by atomic mass is 35.5. The van der Waals surface area contributed by atoms with E-state index in [1.807, 2.05) is 13.8 Å². The molecule has 0 aromatic heterocycles. The zero-order valence-corrected chi connectivity index (χ0v) is 26.1. The van der Waals surface area contributed by atoms with Gasteiger partial charge in [-0.25, -0.2) is 8.42 Å². The SMILES string of the molecule is CC[C@@H](C(=O)NCC(C)C)N(Cc1ccccc1Cl)C(=O)CN(c1ccc(Cl)c(C(F)(F)F)c1)S(=O)(=O)c1ccccc1. The van der Waals surface area contributed by atoms with Crippen molar-refractivity contribution in [2.45, 2.75) is 50.9 Å². The second-order valence-corrected chi connectivity index (χ2v) is 12.8. The van der Waals surface area contributed by atoms with E-state index in [4.69, 9.17) is 23.2 Å². The number of halogens is 5. The Bertz CT molecular complexity index is 1540. The van der Waals surface area contributed by atoms with Crippen molar-refractivity contribution in [3.05, 3.63) is 94.0 Å². The van der Waals surface area contributed by atoms with Crippen LogP contribution in [0, 0.1) is 5.92 Å². The maximum absolute atomic E-state index is 14.1. The van der Waals surface area contributed by atoms with E-state index in [1.54, 1.807) is 37.3 Å². The summed E-state index contributed by atoms with van der Waals surface area (Å²) in [5.41, 5.74) is -1.19. The summed E-state index contributed by atoms with van der Waals surface area (Å²) < 4.78 is 69.6. The molecule has 232 valence electrons. The second-order valence-electron chi connectivity index (χ2n) is 10.2. The molecular formula is C30H32Cl2F3N3O4S. The molecule has 0 aliphatic rings. The van der Waals surface area contributed by atoms with E-state index < -0.39 is 56.9 Å². The van der Waals surface area contributed by atoms with Gasteiger partial charge < -0.3 is 10.2 Å². The number of carbonyl (C=O) groups is 2. The van der Waals surface area contributed by atoms with Gasteiger partial charge >= 0.3 is 6.18 Å². The molecule has 0 bridgehead atoms. The summed E-state index contributed by atoms with van der Waals surface area (Å²) in [5, 5.41) is 2.49. The van der Waals surface area contributed by atoms with Gasteiger partial charge in [-0.15, -0.1) is 0 Å². The fourth-order valence-electron chi connectivity index (χ4n) is 4.29. The van der Waals surface area contributed by atoms with E-state index in [9.17, 15) is 31.2 Å². The normalized spacial score (nSPS) is 12.6. The number of rotatable bonds is 12. The van der Waals surface area contributed by atoms with Crippen LogP contribution in [-0.4, -0.2) is 44.3 Å². The molecule has 0 aliphatic heterocycles. The maximum Gasteiger partial charge on any atom is 0.417 e. The van der Waals surface area contributed by atoms with Gasteiger partial charge in [-0.2, -0.15) is 13.2 Å². The van der Waals surface area contributed by atoms with Crippen LogP contribution in [0.25, 0.3) is 0 Å². The van der Waals surface area contributed by atoms with Gasteiger partial charge in [-0.05, 0) is 54.3 Å². The van der Waals surface area contributed by atoms with Gasteiger partial charge in [0.1, 0.15) is 12.6 Å². The van der Waals surface area contributed by atoms with Crippen LogP contribution in [0.3, 0.4) is 0 Å². The molecule has 0 spiro atoms. The zero-order valence-electron chi connectivity index (χ0n) is 23.7. The van der Waals surface area contributed by atoms with Crippen molar-refractivity contribution in [1.29, 1.82) is 0 Å². The Hall–Kier alpha value is -3.28. The summed E-state index contributed by atoms with van der Waals surface area (Å²) in [4.78, 5) is 28.3. The first kappa shape index (κ1) is 34.2. The lowest BCUT2D eigenvalue weighted by atomic mass is 10.1. The zero-order chi connectivity index (χ0) is 31.9. The van der Waals surface area contributed by atoms with Gasteiger partial charge in [0.25, 0.3) is 10.0 Å². The molecule has 1 N–H and O–H groups in total. The molecule has 0 saturated heterocycles. The van der Waals surface area contributed by atoms with Crippen molar-refractivity contribution >= 4 is 50.7 Å². The fourth-order valence-corrected chi connectivity index (χ4v) is 6.13. The summed E-state index contributed by atoms with van der Waals surface area (Å²) in [7, 11) is -4.56. The van der Waals surface area contributed by atoms with Crippen molar-refractivity contribution in [3.63, 3.8) is 0 Å². The number of alkyl halides is 3. The van der Waals surface area contributed by atoms with Crippen molar-refractivity contribution in [2.75, 3.05) is 17.4 Å². The average Bonchev–Trinajstić information content (AvgIpc) is 2.95. The minimum Gasteiger partial charge on any atom is -0.354 e. The highest BCUT2D eigenvalue weighted by Crippen LogP contribution is 2.38. The average molecular weight is 659 g/mol. The molecule has 1 atom stereocenters. The Morgan fingerprint density at radius 2 is 1.56 bits per heavy atom. The first-order valence-electron chi connectivity index (χ1n) is 13.4. The number of nitrogens with one attached hydrogen (secondary N) is 1. The molecule has 0 unspecified atom stereocenters. The van der Waals surface area contributed by atoms with Crippen molar-refractivity contribution in [1.82, 2.24) is 10.2 Å². The predicted molar refractivity (Wildman–Crippen MR) is 161 cm³/mol. The van der Waals surface area contributed by atoms with Gasteiger partial charge in [0.2, 0.25) is 11.8 Å². The van der Waals surface area contributed by atoms with Crippen molar-refractivity contribution in [3.8, 4) is 0 Å². The molecule has 3 aromatic rings. The van der Waals surface area contributed by atoms with Crippen molar-refractivity contribution < 1.29 is 31.2 Å². The standard InChI is InChI=1S/C30H32Cl2F3N3O4S/c1-4-27(29(40)36-17-20(2)3)37(18-21-10-8-9-13-25(21)31)28(39)19-38(43(41,42)23-11-6-5-7-12-23)22-14-15-26(32)24(16-22)30(33,34)35/h5-16,20,27H,4,17-19H2,1-3H3,(H,36,40)/t27-/m0/s1. The van der Waals surface area contributed by atoms with Crippen LogP contribution in [0.5, 0.6) is 0 Å². The van der Waals surface area contributed by atoms with Gasteiger partial charge in [0.15, 0.2) is 0 Å². The molecule has 13 heteroatoms. The van der Waals surface area contributed by atoms with Gasteiger partial charge in [-0.1, -0.05) is 80.4 Å². The van der Waals surface area contributed by atoms with E-state index >= 15 is 0 Å². The van der Waals surface area contributed by atoms with E-state index in [1.165, 1.54) is 29.2 Å². The molecule has 43 heavy (non-hydrogen) atoms. The van der Waals surface area contributed by atoms with Crippen LogP contribution >= 0.6 is 23.2 Å². The van der Waals surface area contributed by atoms with Gasteiger partial charge in [0.05, 0.1) is 21.2 Å². The summed E-state index contributed by atoms with van der Waals surface area (Å²) in [5.74, 6) is -1.16. The Labute approximate surface area is 259 Å². The number of nitrogens with zero attached hydrogens (tertiary/aromatic N) is 2. The predicted octanol–water partition coefficient (Wildman–Crippen LogP) is 6.79. The minimum absolute atomic E-state index is 0.119. The summed E-state index contributed by atoms with van der Waals surface area (Å²) in [6.45, 7) is 4.78. The largest absolute Gasteiger partial charge is 0.417 e. The van der Waals surface area contributed by atoms with E-state index in [0.717, 1.165) is 12.1 Å². The second kappa shape index (κ2) is 14.5. The van der Waals surface area contributed by atoms with Crippen LogP contribution in [0.1, 0.15) is 38.3 Å². The number of anilines is 1. The van der Waals surface area contributed by atoms with Crippen LogP contribution in [0.4, 0.5) is 18.9 Å². The lowest BCUT2D eigenvalue weighted by Gasteiger charge is -2.33. The number of hydrogen-bond donors (Lipinski definition) is 1. The molecule has 7 nitrogen and oxygen atoms in total. The number of carbonyl (C=O) groups excluding carboxylic acids is 2. The van der Waals surface area contributed by atoms with Gasteiger partial charge in [-0.3, -0.25) is 13.9 Å². The third kappa shape index (κ3) is 8.64. The van der Waals surface area contributed by atoms with E-state index in [0.29, 0.717) is 27.5 Å². The molecule has 3 rings (SSSR count). The lowest BCUT2D eigenvalue weighted by molar-refractivity contribution is -0.140. The Kier molecular flexibility index (Phi) is 11.5. The maximum atomic E-state index is 14.1. The van der Waals surface area contributed by atoms with Crippen LogP contribution < -0.4 is 9.62 Å². The van der Waals surface area contributed by atoms with Crippen LogP contribution in [-0.2, 0) is 32.3 Å². The van der Waals surface area contributed by atoms with Crippen LogP contribution in [0.15, 0.2) is 77.7 Å². The molecule has 2 amide bonds. The smallest absolute Gasteiger partial charge is 0.354 e. The number of benzene rings is 3. The third-order valence-corrected chi connectivity index (χ3v) is 9.01. The fraction of sp³-hybridized carbons (Fsp3) is 0.333. The number of sulfonamides is 1. The number of hydrogen-bond acceptors (Lipinski definition) is 4. The molecule has 0 aliphatic carbocycles. The first-order chi connectivity index (χ1) is 20.2. The molecule has 0 radical (unpaired) electrons. The quantitative estimate of drug-likeness (QED) is 0.232. The highest BCUT2D eigenvalue weighted by molar-refractivity contribution is 7.92. The molecule has 0 heterocycles. The molecule has 0 fully saturated rings. The molecular weight excluding hydrogens is 626 g/mol. The number of amides is 2. The van der Waals surface area contributed by atoms with Gasteiger partial charge in [0, 0.05) is 18.1 Å². The Balaban J connectivity index is 2.13. The van der Waals surface area contributed by atoms with Crippen LogP contribution in [0.2, 0.25) is 10.0 Å². The summed E-state index contributed by atoms with van der Waals surface area (Å²) >= 11 is 12.2. The monoisotopic (exact) mass is 657 g/mol. The first-order valence-corrected chi connectivity index (χ1v) is 15.6. The molecule has 3 aromatic carbocycles. The lowest BCUT2D eigenvalue weighted by Crippen LogP contribution is -2.52. The topological polar surface area (TPSA) is 86.8 Å². The van der Waals surface area contributed by atoms with E-state index in [-0.39, 0.29) is 23.8 Å². The summed E-state index contributed by atoms with van der Waals surface area (Å²) in [6.07, 6.45) is -4.72.